The highest BCUT2D eigenvalue weighted by Crippen LogP contribution is 2.21. The number of rotatable bonds is 10. The minimum absolute atomic E-state index is 0.0326. The highest BCUT2D eigenvalue weighted by molar-refractivity contribution is 6.13. The molecule has 0 radical (unpaired) electrons. The van der Waals surface area contributed by atoms with Gasteiger partial charge in [0, 0.05) is 11.1 Å². The average molecular weight is 442 g/mol. The van der Waals surface area contributed by atoms with Crippen LogP contribution in [0.25, 0.3) is 0 Å². The molecular formula is C22H22N2O8. The smallest absolute Gasteiger partial charge is 0.320 e. The van der Waals surface area contributed by atoms with E-state index in [9.17, 15) is 29.4 Å². The zero-order valence-corrected chi connectivity index (χ0v) is 16.8. The first-order chi connectivity index (χ1) is 15.0. The van der Waals surface area contributed by atoms with Gasteiger partial charge in [-0.3, -0.25) is 19.2 Å². The summed E-state index contributed by atoms with van der Waals surface area (Å²) in [6.07, 6.45) is 1.50. The van der Waals surface area contributed by atoms with E-state index in [-0.39, 0.29) is 46.6 Å². The van der Waals surface area contributed by atoms with Crippen LogP contribution in [0.3, 0.4) is 0 Å². The summed E-state index contributed by atoms with van der Waals surface area (Å²) in [7, 11) is 0. The summed E-state index contributed by atoms with van der Waals surface area (Å²) in [5.41, 5.74) is 11.5. The zero-order valence-electron chi connectivity index (χ0n) is 16.8. The number of hydrogen-bond donors (Lipinski definition) is 6. The van der Waals surface area contributed by atoms with E-state index in [4.69, 9.17) is 21.7 Å². The van der Waals surface area contributed by atoms with E-state index < -0.39 is 35.6 Å². The van der Waals surface area contributed by atoms with Crippen LogP contribution in [0.4, 0.5) is 0 Å². The molecular weight excluding hydrogens is 420 g/mol. The lowest BCUT2D eigenvalue weighted by molar-refractivity contribution is -0.139. The van der Waals surface area contributed by atoms with Crippen LogP contribution >= 0.6 is 0 Å². The van der Waals surface area contributed by atoms with Gasteiger partial charge in [-0.1, -0.05) is 12.1 Å². The third-order valence-electron chi connectivity index (χ3n) is 4.62. The number of benzene rings is 2. The molecule has 0 fully saturated rings. The van der Waals surface area contributed by atoms with Gasteiger partial charge in [0.05, 0.1) is 0 Å². The van der Waals surface area contributed by atoms with E-state index >= 15 is 0 Å². The fourth-order valence-corrected chi connectivity index (χ4v) is 2.92. The third kappa shape index (κ3) is 6.24. The van der Waals surface area contributed by atoms with E-state index in [2.05, 4.69) is 0 Å². The standard InChI is InChI=1S/C22H22N2O8/c23-17(21(29)30)7-11-1-3-13(25)9-15(11)19(27)5-6-20(28)16-10-14(26)4-2-12(16)8-18(24)22(31)32/h1-6,9-10,17-18,25-26H,7-8,23-24H2,(H,29,30)(H,31,32)/b6-5-. The van der Waals surface area contributed by atoms with Crippen molar-refractivity contribution < 1.29 is 39.6 Å². The van der Waals surface area contributed by atoms with Gasteiger partial charge >= 0.3 is 11.9 Å². The Morgan fingerprint density at radius 3 is 1.38 bits per heavy atom. The Labute approximate surface area is 182 Å². The number of ketones is 2. The van der Waals surface area contributed by atoms with Crippen molar-refractivity contribution in [3.63, 3.8) is 0 Å². The summed E-state index contributed by atoms with van der Waals surface area (Å²) in [6, 6.07) is 5.00. The third-order valence-corrected chi connectivity index (χ3v) is 4.62. The van der Waals surface area contributed by atoms with Gasteiger partial charge in [-0.25, -0.2) is 0 Å². The van der Waals surface area contributed by atoms with E-state index in [1.165, 1.54) is 24.3 Å². The first-order valence-corrected chi connectivity index (χ1v) is 9.37. The maximum absolute atomic E-state index is 12.6. The normalized spacial score (nSPS) is 12.9. The van der Waals surface area contributed by atoms with Gasteiger partial charge in [0.15, 0.2) is 11.6 Å². The minimum atomic E-state index is -1.27. The van der Waals surface area contributed by atoms with Crippen LogP contribution in [0.5, 0.6) is 11.5 Å². The molecule has 168 valence electrons. The van der Waals surface area contributed by atoms with Gasteiger partial charge in [-0.15, -0.1) is 0 Å². The quantitative estimate of drug-likeness (QED) is 0.224. The Kier molecular flexibility index (Phi) is 7.83. The van der Waals surface area contributed by atoms with Crippen molar-refractivity contribution in [3.8, 4) is 11.5 Å². The highest BCUT2D eigenvalue weighted by atomic mass is 16.4. The van der Waals surface area contributed by atoms with Crippen molar-refractivity contribution in [2.45, 2.75) is 24.9 Å². The van der Waals surface area contributed by atoms with Crippen molar-refractivity contribution in [2.75, 3.05) is 0 Å². The Morgan fingerprint density at radius 1 is 0.719 bits per heavy atom. The summed E-state index contributed by atoms with van der Waals surface area (Å²) in [5, 5.41) is 37.4. The van der Waals surface area contributed by atoms with Crippen molar-refractivity contribution in [2.24, 2.45) is 11.5 Å². The van der Waals surface area contributed by atoms with E-state index in [1.807, 2.05) is 0 Å². The monoisotopic (exact) mass is 442 g/mol. The minimum Gasteiger partial charge on any atom is -0.508 e. The van der Waals surface area contributed by atoms with Gasteiger partial charge in [-0.2, -0.15) is 0 Å². The second-order valence-corrected chi connectivity index (χ2v) is 7.04. The molecule has 0 saturated heterocycles. The number of nitrogens with two attached hydrogens (primary N) is 2. The van der Waals surface area contributed by atoms with Crippen LogP contribution in [0, 0.1) is 0 Å². The number of aromatic hydroxyl groups is 2. The van der Waals surface area contributed by atoms with Gasteiger partial charge in [-0.05, 0) is 60.4 Å². The topological polar surface area (TPSA) is 201 Å². The summed E-state index contributed by atoms with van der Waals surface area (Å²) in [5.74, 6) is -4.38. The summed E-state index contributed by atoms with van der Waals surface area (Å²) >= 11 is 0. The number of hydrogen-bond acceptors (Lipinski definition) is 8. The van der Waals surface area contributed by atoms with Crippen LogP contribution < -0.4 is 11.5 Å². The second kappa shape index (κ2) is 10.3. The Balaban J connectivity index is 2.31. The summed E-state index contributed by atoms with van der Waals surface area (Å²) < 4.78 is 0. The molecule has 2 unspecified atom stereocenters. The van der Waals surface area contributed by atoms with Crippen LogP contribution in [0.15, 0.2) is 48.6 Å². The SMILES string of the molecule is NC(Cc1ccc(O)cc1C(=O)/C=C\C(=O)c1cc(O)ccc1CC(N)C(=O)O)C(=O)O. The Hall–Kier alpha value is -4.02. The maximum Gasteiger partial charge on any atom is 0.320 e. The molecule has 0 aliphatic heterocycles. The van der Waals surface area contributed by atoms with Crippen molar-refractivity contribution in [3.05, 3.63) is 70.8 Å². The van der Waals surface area contributed by atoms with Gasteiger partial charge in [0.2, 0.25) is 0 Å². The molecule has 2 aromatic rings. The molecule has 0 bridgehead atoms. The molecule has 0 aromatic heterocycles. The van der Waals surface area contributed by atoms with Crippen LogP contribution in [-0.2, 0) is 22.4 Å². The van der Waals surface area contributed by atoms with Gasteiger partial charge in [0.1, 0.15) is 23.6 Å². The van der Waals surface area contributed by atoms with E-state index in [1.54, 1.807) is 0 Å². The molecule has 0 saturated carbocycles. The molecule has 2 aromatic carbocycles. The molecule has 10 nitrogen and oxygen atoms in total. The number of carbonyl (C=O) groups excluding carboxylic acids is 2. The lowest BCUT2D eigenvalue weighted by Crippen LogP contribution is -2.32. The van der Waals surface area contributed by atoms with Crippen molar-refractivity contribution >= 4 is 23.5 Å². The van der Waals surface area contributed by atoms with Crippen molar-refractivity contribution in [1.82, 2.24) is 0 Å². The molecule has 0 aliphatic carbocycles. The molecule has 0 amide bonds. The lowest BCUT2D eigenvalue weighted by atomic mass is 9.95. The second-order valence-electron chi connectivity index (χ2n) is 7.04. The van der Waals surface area contributed by atoms with Crippen molar-refractivity contribution in [1.29, 1.82) is 0 Å². The number of phenols is 2. The van der Waals surface area contributed by atoms with Crippen LogP contribution in [-0.4, -0.2) is 56.0 Å². The fraction of sp³-hybridized carbons (Fsp3) is 0.182. The highest BCUT2D eigenvalue weighted by Gasteiger charge is 2.19. The molecule has 32 heavy (non-hydrogen) atoms. The number of carboxylic acid groups (broad SMARTS) is 2. The van der Waals surface area contributed by atoms with Crippen LogP contribution in [0.1, 0.15) is 31.8 Å². The number of carboxylic acids is 2. The molecule has 2 atom stereocenters. The first-order valence-electron chi connectivity index (χ1n) is 9.37. The lowest BCUT2D eigenvalue weighted by Gasteiger charge is -2.11. The van der Waals surface area contributed by atoms with Gasteiger partial charge < -0.3 is 31.9 Å². The predicted molar refractivity (Wildman–Crippen MR) is 113 cm³/mol. The van der Waals surface area contributed by atoms with Crippen LogP contribution in [0.2, 0.25) is 0 Å². The van der Waals surface area contributed by atoms with Gasteiger partial charge in [0.25, 0.3) is 0 Å². The molecule has 0 aliphatic rings. The number of carbonyl (C=O) groups is 4. The molecule has 0 heterocycles. The fourth-order valence-electron chi connectivity index (χ4n) is 2.92. The zero-order chi connectivity index (χ0) is 24.0. The molecule has 0 spiro atoms. The molecule has 10 heteroatoms. The first kappa shape index (κ1) is 24.3. The van der Waals surface area contributed by atoms with E-state index in [0.717, 1.165) is 24.3 Å². The Bertz CT molecular complexity index is 1010. The predicted octanol–water partition coefficient (Wildman–Crippen LogP) is 0.628. The summed E-state index contributed by atoms with van der Waals surface area (Å²) in [6.45, 7) is 0. The number of allylic oxidation sites excluding steroid dienone is 2. The molecule has 8 N–H and O–H groups in total. The van der Waals surface area contributed by atoms with E-state index in [0.29, 0.717) is 0 Å². The summed E-state index contributed by atoms with van der Waals surface area (Å²) in [4.78, 5) is 47.3. The maximum atomic E-state index is 12.6. The number of phenolic OH excluding ortho intramolecular Hbond substituents is 2. The largest absolute Gasteiger partial charge is 0.508 e. The molecule has 2 rings (SSSR count). The number of aliphatic carboxylic acids is 2. The Morgan fingerprint density at radius 2 is 1.06 bits per heavy atom. The average Bonchev–Trinajstić information content (AvgIpc) is 2.73.